The van der Waals surface area contributed by atoms with Crippen LogP contribution in [0.4, 0.5) is 0 Å². The first kappa shape index (κ1) is 12.8. The number of nitrogens with one attached hydrogen (secondary N) is 1. The van der Waals surface area contributed by atoms with Gasteiger partial charge in [-0.05, 0) is 31.4 Å². The molecule has 0 aliphatic rings. The molecule has 1 heterocycles. The van der Waals surface area contributed by atoms with Crippen molar-refractivity contribution in [3.63, 3.8) is 0 Å². The van der Waals surface area contributed by atoms with Crippen LogP contribution in [0.2, 0.25) is 0 Å². The predicted molar refractivity (Wildman–Crippen MR) is 72.4 cm³/mol. The highest BCUT2D eigenvalue weighted by atomic mass is 16.5. The summed E-state index contributed by atoms with van der Waals surface area (Å²) in [5.74, 6) is 1.45. The Morgan fingerprint density at radius 3 is 2.72 bits per heavy atom. The molecule has 1 aromatic heterocycles. The molecule has 3 heteroatoms. The van der Waals surface area contributed by atoms with Gasteiger partial charge in [-0.15, -0.1) is 0 Å². The van der Waals surface area contributed by atoms with E-state index in [4.69, 9.17) is 4.52 Å². The summed E-state index contributed by atoms with van der Waals surface area (Å²) in [7, 11) is 0. The standard InChI is InChI=1S/C15H20N2O/c1-12(14-6-4-3-5-7-14)8-9-16-11-15-10-13(2)18-17-15/h3-7,10,12,16H,8-9,11H2,1-2H3. The van der Waals surface area contributed by atoms with E-state index < -0.39 is 0 Å². The van der Waals surface area contributed by atoms with Crippen molar-refractivity contribution in [2.45, 2.75) is 32.7 Å². The first-order valence-electron chi connectivity index (χ1n) is 6.43. The minimum Gasteiger partial charge on any atom is -0.361 e. The topological polar surface area (TPSA) is 38.1 Å². The predicted octanol–water partition coefficient (Wildman–Crippen LogP) is 3.27. The van der Waals surface area contributed by atoms with Crippen LogP contribution in [-0.4, -0.2) is 11.7 Å². The van der Waals surface area contributed by atoms with Crippen molar-refractivity contribution >= 4 is 0 Å². The van der Waals surface area contributed by atoms with E-state index in [1.165, 1.54) is 5.56 Å². The summed E-state index contributed by atoms with van der Waals surface area (Å²) in [5.41, 5.74) is 2.37. The fraction of sp³-hybridized carbons (Fsp3) is 0.400. The zero-order chi connectivity index (χ0) is 12.8. The summed E-state index contributed by atoms with van der Waals surface area (Å²) in [4.78, 5) is 0. The molecular weight excluding hydrogens is 224 g/mol. The lowest BCUT2D eigenvalue weighted by Crippen LogP contribution is -2.16. The van der Waals surface area contributed by atoms with Crippen molar-refractivity contribution in [3.8, 4) is 0 Å². The Balaban J connectivity index is 1.69. The molecule has 0 aliphatic carbocycles. The molecule has 0 fully saturated rings. The fourth-order valence-electron chi connectivity index (χ4n) is 1.98. The largest absolute Gasteiger partial charge is 0.361 e. The maximum Gasteiger partial charge on any atom is 0.133 e. The number of hydrogen-bond acceptors (Lipinski definition) is 3. The SMILES string of the molecule is Cc1cc(CNCCC(C)c2ccccc2)no1. The molecule has 18 heavy (non-hydrogen) atoms. The van der Waals surface area contributed by atoms with Crippen LogP contribution in [0.15, 0.2) is 40.9 Å². The Labute approximate surface area is 108 Å². The third kappa shape index (κ3) is 3.70. The van der Waals surface area contributed by atoms with Crippen LogP contribution in [0, 0.1) is 6.92 Å². The van der Waals surface area contributed by atoms with Gasteiger partial charge in [0.1, 0.15) is 5.76 Å². The van der Waals surface area contributed by atoms with Crippen LogP contribution in [0.3, 0.4) is 0 Å². The maximum atomic E-state index is 5.02. The lowest BCUT2D eigenvalue weighted by atomic mass is 9.98. The molecule has 1 unspecified atom stereocenters. The second-order valence-corrected chi connectivity index (χ2v) is 4.71. The summed E-state index contributed by atoms with van der Waals surface area (Å²) in [6.07, 6.45) is 1.13. The molecule has 0 saturated heterocycles. The zero-order valence-corrected chi connectivity index (χ0v) is 11.0. The van der Waals surface area contributed by atoms with E-state index in [-0.39, 0.29) is 0 Å². The van der Waals surface area contributed by atoms with Crippen LogP contribution >= 0.6 is 0 Å². The van der Waals surface area contributed by atoms with Gasteiger partial charge in [-0.25, -0.2) is 0 Å². The van der Waals surface area contributed by atoms with Gasteiger partial charge < -0.3 is 9.84 Å². The van der Waals surface area contributed by atoms with Gasteiger partial charge in [0.25, 0.3) is 0 Å². The van der Waals surface area contributed by atoms with E-state index in [2.05, 4.69) is 47.7 Å². The van der Waals surface area contributed by atoms with Gasteiger partial charge in [-0.1, -0.05) is 42.4 Å². The van der Waals surface area contributed by atoms with Gasteiger partial charge in [0.2, 0.25) is 0 Å². The van der Waals surface area contributed by atoms with E-state index in [0.29, 0.717) is 5.92 Å². The van der Waals surface area contributed by atoms with Crippen LogP contribution in [0.5, 0.6) is 0 Å². The molecule has 1 atom stereocenters. The third-order valence-electron chi connectivity index (χ3n) is 3.11. The molecule has 0 spiro atoms. The molecule has 96 valence electrons. The number of rotatable bonds is 6. The minimum absolute atomic E-state index is 0.581. The molecular formula is C15H20N2O. The molecule has 1 N–H and O–H groups in total. The summed E-state index contributed by atoms with van der Waals surface area (Å²) in [6, 6.07) is 12.6. The number of nitrogens with zero attached hydrogens (tertiary/aromatic N) is 1. The summed E-state index contributed by atoms with van der Waals surface area (Å²) in [5, 5.41) is 7.35. The van der Waals surface area contributed by atoms with Crippen LogP contribution in [0.25, 0.3) is 0 Å². The average Bonchev–Trinajstić information content (AvgIpc) is 2.81. The quantitative estimate of drug-likeness (QED) is 0.792. The molecule has 3 nitrogen and oxygen atoms in total. The fourth-order valence-corrected chi connectivity index (χ4v) is 1.98. The second kappa shape index (κ2) is 6.36. The Morgan fingerprint density at radius 1 is 1.28 bits per heavy atom. The molecule has 2 rings (SSSR count). The second-order valence-electron chi connectivity index (χ2n) is 4.71. The highest BCUT2D eigenvalue weighted by Crippen LogP contribution is 2.17. The molecule has 2 aromatic rings. The van der Waals surface area contributed by atoms with Crippen molar-refractivity contribution < 1.29 is 4.52 Å². The summed E-state index contributed by atoms with van der Waals surface area (Å²) < 4.78 is 5.02. The van der Waals surface area contributed by atoms with E-state index in [0.717, 1.165) is 31.0 Å². The smallest absolute Gasteiger partial charge is 0.133 e. The monoisotopic (exact) mass is 244 g/mol. The highest BCUT2D eigenvalue weighted by Gasteiger charge is 2.04. The Kier molecular flexibility index (Phi) is 4.53. The number of benzene rings is 1. The Morgan fingerprint density at radius 2 is 2.06 bits per heavy atom. The number of hydrogen-bond donors (Lipinski definition) is 1. The van der Waals surface area contributed by atoms with Gasteiger partial charge >= 0.3 is 0 Å². The normalized spacial score (nSPS) is 12.6. The van der Waals surface area contributed by atoms with E-state index >= 15 is 0 Å². The van der Waals surface area contributed by atoms with Gasteiger partial charge in [0, 0.05) is 12.6 Å². The first-order chi connectivity index (χ1) is 8.75. The summed E-state index contributed by atoms with van der Waals surface area (Å²) >= 11 is 0. The number of aromatic nitrogens is 1. The van der Waals surface area contributed by atoms with Crippen molar-refractivity contribution in [2.75, 3.05) is 6.54 Å². The average molecular weight is 244 g/mol. The first-order valence-corrected chi connectivity index (χ1v) is 6.43. The summed E-state index contributed by atoms with van der Waals surface area (Å²) in [6.45, 7) is 5.94. The van der Waals surface area contributed by atoms with E-state index in [1.807, 2.05) is 13.0 Å². The lowest BCUT2D eigenvalue weighted by molar-refractivity contribution is 0.388. The molecule has 0 radical (unpaired) electrons. The minimum atomic E-state index is 0.581. The van der Waals surface area contributed by atoms with Crippen molar-refractivity contribution in [1.82, 2.24) is 10.5 Å². The van der Waals surface area contributed by atoms with Gasteiger partial charge in [-0.3, -0.25) is 0 Å². The molecule has 0 bridgehead atoms. The van der Waals surface area contributed by atoms with Crippen molar-refractivity contribution in [2.24, 2.45) is 0 Å². The number of aryl methyl sites for hydroxylation is 1. The van der Waals surface area contributed by atoms with Crippen molar-refractivity contribution in [1.29, 1.82) is 0 Å². The molecule has 0 aliphatic heterocycles. The van der Waals surface area contributed by atoms with Gasteiger partial charge in [0.15, 0.2) is 0 Å². The zero-order valence-electron chi connectivity index (χ0n) is 11.0. The van der Waals surface area contributed by atoms with Crippen LogP contribution in [-0.2, 0) is 6.54 Å². The molecule has 0 amide bonds. The van der Waals surface area contributed by atoms with Gasteiger partial charge in [-0.2, -0.15) is 0 Å². The lowest BCUT2D eigenvalue weighted by Gasteiger charge is -2.11. The van der Waals surface area contributed by atoms with Gasteiger partial charge in [0.05, 0.1) is 5.69 Å². The highest BCUT2D eigenvalue weighted by molar-refractivity contribution is 5.18. The van der Waals surface area contributed by atoms with Crippen LogP contribution in [0.1, 0.15) is 36.3 Å². The third-order valence-corrected chi connectivity index (χ3v) is 3.11. The van der Waals surface area contributed by atoms with Crippen molar-refractivity contribution in [3.05, 3.63) is 53.4 Å². The van der Waals surface area contributed by atoms with Crippen LogP contribution < -0.4 is 5.32 Å². The Hall–Kier alpha value is -1.61. The Bertz CT molecular complexity index is 464. The maximum absolute atomic E-state index is 5.02. The molecule has 1 aromatic carbocycles. The molecule has 0 saturated carbocycles. The van der Waals surface area contributed by atoms with E-state index in [9.17, 15) is 0 Å². The van der Waals surface area contributed by atoms with E-state index in [1.54, 1.807) is 0 Å².